The summed E-state index contributed by atoms with van der Waals surface area (Å²) in [5, 5.41) is 11.3. The highest BCUT2D eigenvalue weighted by Crippen LogP contribution is 2.26. The quantitative estimate of drug-likeness (QED) is 0.629. The maximum atomic E-state index is 12.8. The van der Waals surface area contributed by atoms with Crippen molar-refractivity contribution in [2.24, 2.45) is 5.92 Å². The molecular formula is C24H30N4O2. The Balaban J connectivity index is 1.40. The van der Waals surface area contributed by atoms with Gasteiger partial charge in [0.25, 0.3) is 5.91 Å². The third-order valence-electron chi connectivity index (χ3n) is 6.03. The van der Waals surface area contributed by atoms with Crippen molar-refractivity contribution >= 4 is 16.8 Å². The smallest absolute Gasteiger partial charge is 0.272 e. The van der Waals surface area contributed by atoms with Crippen LogP contribution in [-0.2, 0) is 4.74 Å². The van der Waals surface area contributed by atoms with Gasteiger partial charge in [0.05, 0.1) is 12.1 Å². The van der Waals surface area contributed by atoms with Crippen LogP contribution in [0.15, 0.2) is 42.5 Å². The van der Waals surface area contributed by atoms with Crippen molar-refractivity contribution in [3.05, 3.63) is 53.7 Å². The Morgan fingerprint density at radius 1 is 1.17 bits per heavy atom. The number of rotatable bonds is 7. The number of nitrogens with zero attached hydrogens (tertiary/aromatic N) is 2. The van der Waals surface area contributed by atoms with E-state index in [2.05, 4.69) is 57.7 Å². The third-order valence-corrected chi connectivity index (χ3v) is 6.03. The number of ether oxygens (including phenoxy) is 1. The topological polar surface area (TPSA) is 70.2 Å². The zero-order valence-electron chi connectivity index (χ0n) is 17.8. The van der Waals surface area contributed by atoms with Gasteiger partial charge in [-0.3, -0.25) is 9.89 Å². The maximum absolute atomic E-state index is 12.8. The van der Waals surface area contributed by atoms with E-state index in [0.717, 1.165) is 61.1 Å². The normalized spacial score (nSPS) is 15.5. The summed E-state index contributed by atoms with van der Waals surface area (Å²) in [5.74, 6) is 0.408. The van der Waals surface area contributed by atoms with E-state index in [0.29, 0.717) is 18.2 Å². The molecule has 1 fully saturated rings. The molecule has 1 saturated heterocycles. The highest BCUT2D eigenvalue weighted by Gasteiger charge is 2.21. The Kier molecular flexibility index (Phi) is 6.45. The summed E-state index contributed by atoms with van der Waals surface area (Å²) in [5.41, 5.74) is 4.79. The predicted octanol–water partition coefficient (Wildman–Crippen LogP) is 3.63. The van der Waals surface area contributed by atoms with Crippen molar-refractivity contribution in [2.75, 3.05) is 39.9 Å². The van der Waals surface area contributed by atoms with Gasteiger partial charge in [0, 0.05) is 25.6 Å². The zero-order valence-corrected chi connectivity index (χ0v) is 17.8. The summed E-state index contributed by atoms with van der Waals surface area (Å²) >= 11 is 0. The first-order valence-electron chi connectivity index (χ1n) is 10.7. The van der Waals surface area contributed by atoms with Crippen LogP contribution in [0.1, 0.15) is 28.9 Å². The van der Waals surface area contributed by atoms with Crippen LogP contribution in [-0.4, -0.2) is 60.9 Å². The molecule has 0 radical (unpaired) electrons. The molecule has 2 aromatic carbocycles. The molecule has 4 rings (SSSR count). The van der Waals surface area contributed by atoms with E-state index in [-0.39, 0.29) is 5.91 Å². The Hall–Kier alpha value is -2.70. The molecule has 0 bridgehead atoms. The van der Waals surface area contributed by atoms with Gasteiger partial charge in [-0.25, -0.2) is 0 Å². The fraction of sp³-hybridized carbons (Fsp3) is 0.417. The number of hydrogen-bond acceptors (Lipinski definition) is 4. The molecule has 3 aromatic rings. The van der Waals surface area contributed by atoms with Gasteiger partial charge in [-0.15, -0.1) is 0 Å². The van der Waals surface area contributed by atoms with Gasteiger partial charge in [-0.1, -0.05) is 35.9 Å². The van der Waals surface area contributed by atoms with Crippen molar-refractivity contribution in [2.45, 2.75) is 19.8 Å². The highest BCUT2D eigenvalue weighted by atomic mass is 16.5. The predicted molar refractivity (Wildman–Crippen MR) is 120 cm³/mol. The number of likely N-dealkylation sites (tertiary alicyclic amines) is 1. The summed E-state index contributed by atoms with van der Waals surface area (Å²) < 4.78 is 5.16. The lowest BCUT2D eigenvalue weighted by atomic mass is 9.96. The molecule has 0 saturated carbocycles. The fourth-order valence-electron chi connectivity index (χ4n) is 4.07. The molecule has 0 unspecified atom stereocenters. The molecule has 2 N–H and O–H groups in total. The van der Waals surface area contributed by atoms with Crippen LogP contribution < -0.4 is 5.32 Å². The van der Waals surface area contributed by atoms with Crippen LogP contribution in [0.5, 0.6) is 0 Å². The number of fused-ring (bicyclic) bond motifs is 1. The molecule has 1 amide bonds. The minimum Gasteiger partial charge on any atom is -0.383 e. The van der Waals surface area contributed by atoms with Gasteiger partial charge in [-0.2, -0.15) is 5.10 Å². The van der Waals surface area contributed by atoms with E-state index >= 15 is 0 Å². The number of methoxy groups -OCH3 is 1. The monoisotopic (exact) mass is 406 g/mol. The Bertz CT molecular complexity index is 988. The zero-order chi connectivity index (χ0) is 20.9. The van der Waals surface area contributed by atoms with Gasteiger partial charge in [-0.05, 0) is 62.0 Å². The lowest BCUT2D eigenvalue weighted by Gasteiger charge is -2.31. The van der Waals surface area contributed by atoms with Crippen molar-refractivity contribution in [3.8, 4) is 11.1 Å². The van der Waals surface area contributed by atoms with Gasteiger partial charge < -0.3 is 15.0 Å². The third kappa shape index (κ3) is 4.71. The summed E-state index contributed by atoms with van der Waals surface area (Å²) in [4.78, 5) is 15.3. The Morgan fingerprint density at radius 2 is 1.90 bits per heavy atom. The summed E-state index contributed by atoms with van der Waals surface area (Å²) in [6.45, 7) is 6.67. The van der Waals surface area contributed by atoms with E-state index < -0.39 is 0 Å². The first-order valence-corrected chi connectivity index (χ1v) is 10.7. The number of hydrogen-bond donors (Lipinski definition) is 2. The lowest BCUT2D eigenvalue weighted by Crippen LogP contribution is -2.39. The molecule has 30 heavy (non-hydrogen) atoms. The van der Waals surface area contributed by atoms with Crippen molar-refractivity contribution < 1.29 is 9.53 Å². The number of nitrogens with one attached hydrogen (secondary N) is 2. The number of aromatic amines is 1. The fourth-order valence-corrected chi connectivity index (χ4v) is 4.07. The average molecular weight is 407 g/mol. The van der Waals surface area contributed by atoms with Crippen molar-refractivity contribution in [1.29, 1.82) is 0 Å². The van der Waals surface area contributed by atoms with E-state index in [9.17, 15) is 4.79 Å². The number of aryl methyl sites for hydroxylation is 1. The number of piperidine rings is 1. The molecule has 1 aromatic heterocycles. The number of benzene rings is 2. The molecule has 6 heteroatoms. The minimum atomic E-state index is -0.107. The summed E-state index contributed by atoms with van der Waals surface area (Å²) in [6, 6.07) is 14.5. The molecule has 1 aliphatic heterocycles. The van der Waals surface area contributed by atoms with Gasteiger partial charge in [0.2, 0.25) is 0 Å². The van der Waals surface area contributed by atoms with E-state index in [1.807, 2.05) is 12.1 Å². The second-order valence-electron chi connectivity index (χ2n) is 8.19. The summed E-state index contributed by atoms with van der Waals surface area (Å²) in [6.07, 6.45) is 2.20. The van der Waals surface area contributed by atoms with Crippen LogP contribution in [0, 0.1) is 12.8 Å². The first kappa shape index (κ1) is 20.6. The molecule has 1 aliphatic rings. The van der Waals surface area contributed by atoms with Gasteiger partial charge >= 0.3 is 0 Å². The van der Waals surface area contributed by atoms with Gasteiger partial charge in [0.1, 0.15) is 0 Å². The van der Waals surface area contributed by atoms with Crippen LogP contribution in [0.2, 0.25) is 0 Å². The molecule has 2 heterocycles. The van der Waals surface area contributed by atoms with Gasteiger partial charge in [0.15, 0.2) is 5.69 Å². The highest BCUT2D eigenvalue weighted by molar-refractivity contribution is 6.05. The standard InChI is InChI=1S/C24H30N4O2/c1-17-3-5-19(6-4-17)20-7-8-22-21(15-20)23(27-26-22)24(29)25-16-18-9-11-28(12-10-18)13-14-30-2/h3-8,15,18H,9-14,16H2,1-2H3,(H,25,29)(H,26,27). The second-order valence-corrected chi connectivity index (χ2v) is 8.19. The van der Waals surface area contributed by atoms with Crippen LogP contribution in [0.25, 0.3) is 22.0 Å². The molecule has 6 nitrogen and oxygen atoms in total. The second kappa shape index (κ2) is 9.41. The Morgan fingerprint density at radius 3 is 2.63 bits per heavy atom. The SMILES string of the molecule is COCCN1CCC(CNC(=O)c2n[nH]c3ccc(-c4ccc(C)cc4)cc23)CC1. The average Bonchev–Trinajstić information content (AvgIpc) is 3.20. The van der Waals surface area contributed by atoms with Crippen LogP contribution >= 0.6 is 0 Å². The number of amides is 1. The summed E-state index contributed by atoms with van der Waals surface area (Å²) in [7, 11) is 1.74. The minimum absolute atomic E-state index is 0.107. The lowest BCUT2D eigenvalue weighted by molar-refractivity contribution is 0.0922. The van der Waals surface area contributed by atoms with E-state index in [1.165, 1.54) is 5.56 Å². The van der Waals surface area contributed by atoms with Crippen LogP contribution in [0.4, 0.5) is 0 Å². The molecule has 0 aliphatic carbocycles. The maximum Gasteiger partial charge on any atom is 0.272 e. The van der Waals surface area contributed by atoms with Crippen LogP contribution in [0.3, 0.4) is 0 Å². The molecule has 0 spiro atoms. The number of carbonyl (C=O) groups excluding carboxylic acids is 1. The molecular weight excluding hydrogens is 376 g/mol. The largest absolute Gasteiger partial charge is 0.383 e. The number of H-pyrrole nitrogens is 1. The Labute approximate surface area is 177 Å². The number of carbonyl (C=O) groups is 1. The van der Waals surface area contributed by atoms with E-state index in [1.54, 1.807) is 7.11 Å². The molecule has 0 atom stereocenters. The molecule has 158 valence electrons. The van der Waals surface area contributed by atoms with E-state index in [4.69, 9.17) is 4.74 Å². The van der Waals surface area contributed by atoms with Crippen molar-refractivity contribution in [1.82, 2.24) is 20.4 Å². The first-order chi connectivity index (χ1) is 14.6. The van der Waals surface area contributed by atoms with Crippen molar-refractivity contribution in [3.63, 3.8) is 0 Å². The number of aromatic nitrogens is 2.